The Kier molecular flexibility index (Phi) is 4.46. The van der Waals surface area contributed by atoms with Crippen molar-refractivity contribution >= 4 is 11.3 Å². The molecule has 1 heterocycles. The Labute approximate surface area is 122 Å². The number of thiazole rings is 1. The number of hydrogen-bond acceptors (Lipinski definition) is 6. The van der Waals surface area contributed by atoms with E-state index in [1.807, 2.05) is 24.4 Å². The molecule has 20 heavy (non-hydrogen) atoms. The smallest absolute Gasteiger partial charge is 0.203 e. The summed E-state index contributed by atoms with van der Waals surface area (Å²) in [5.41, 5.74) is 8.10. The summed E-state index contributed by atoms with van der Waals surface area (Å²) < 4.78 is 16.0. The SMILES string of the molecule is COc1cc(C(N)c2nc(C)cs2)cc(OC)c1OC. The average Bonchev–Trinajstić information content (AvgIpc) is 2.91. The van der Waals surface area contributed by atoms with E-state index >= 15 is 0 Å². The molecule has 2 aromatic rings. The Balaban J connectivity index is 2.46. The molecule has 2 rings (SSSR count). The molecule has 0 aliphatic carbocycles. The fraction of sp³-hybridized carbons (Fsp3) is 0.357. The fourth-order valence-corrected chi connectivity index (χ4v) is 2.76. The van der Waals surface area contributed by atoms with E-state index in [2.05, 4.69) is 4.98 Å². The van der Waals surface area contributed by atoms with Gasteiger partial charge in [0, 0.05) is 11.1 Å². The zero-order valence-corrected chi connectivity index (χ0v) is 12.8. The summed E-state index contributed by atoms with van der Waals surface area (Å²) in [4.78, 5) is 4.42. The van der Waals surface area contributed by atoms with Crippen LogP contribution >= 0.6 is 11.3 Å². The summed E-state index contributed by atoms with van der Waals surface area (Å²) >= 11 is 1.54. The third kappa shape index (κ3) is 2.71. The number of ether oxygens (including phenoxy) is 3. The summed E-state index contributed by atoms with van der Waals surface area (Å²) in [6, 6.07) is 3.38. The first kappa shape index (κ1) is 14.6. The molecule has 0 amide bonds. The lowest BCUT2D eigenvalue weighted by atomic mass is 10.1. The van der Waals surface area contributed by atoms with E-state index in [0.717, 1.165) is 16.3 Å². The lowest BCUT2D eigenvalue weighted by molar-refractivity contribution is 0.323. The Morgan fingerprint density at radius 3 is 2.10 bits per heavy atom. The van der Waals surface area contributed by atoms with Crippen molar-refractivity contribution in [1.82, 2.24) is 4.98 Å². The van der Waals surface area contributed by atoms with Crippen LogP contribution in [-0.4, -0.2) is 26.3 Å². The second-order valence-corrected chi connectivity index (χ2v) is 5.15. The van der Waals surface area contributed by atoms with Gasteiger partial charge in [0.1, 0.15) is 5.01 Å². The average molecular weight is 294 g/mol. The first-order valence-electron chi connectivity index (χ1n) is 6.08. The van der Waals surface area contributed by atoms with Crippen LogP contribution in [0.4, 0.5) is 0 Å². The van der Waals surface area contributed by atoms with Crippen LogP contribution in [0.15, 0.2) is 17.5 Å². The Morgan fingerprint density at radius 2 is 1.70 bits per heavy atom. The van der Waals surface area contributed by atoms with E-state index in [-0.39, 0.29) is 6.04 Å². The van der Waals surface area contributed by atoms with Crippen molar-refractivity contribution in [1.29, 1.82) is 0 Å². The van der Waals surface area contributed by atoms with Gasteiger partial charge in [-0.15, -0.1) is 11.3 Å². The molecule has 0 radical (unpaired) electrons. The minimum absolute atomic E-state index is 0.317. The first-order chi connectivity index (χ1) is 9.60. The molecule has 1 unspecified atom stereocenters. The van der Waals surface area contributed by atoms with Crippen LogP contribution in [0.25, 0.3) is 0 Å². The number of rotatable bonds is 5. The molecule has 0 saturated carbocycles. The highest BCUT2D eigenvalue weighted by Gasteiger charge is 2.19. The molecule has 0 spiro atoms. The van der Waals surface area contributed by atoms with Gasteiger partial charge >= 0.3 is 0 Å². The van der Waals surface area contributed by atoms with E-state index in [4.69, 9.17) is 19.9 Å². The van der Waals surface area contributed by atoms with E-state index in [1.54, 1.807) is 32.7 Å². The van der Waals surface area contributed by atoms with Crippen molar-refractivity contribution in [2.24, 2.45) is 5.73 Å². The van der Waals surface area contributed by atoms with Crippen molar-refractivity contribution < 1.29 is 14.2 Å². The summed E-state index contributed by atoms with van der Waals surface area (Å²) in [5, 5.41) is 2.84. The molecule has 0 saturated heterocycles. The predicted molar refractivity (Wildman–Crippen MR) is 79.0 cm³/mol. The Hall–Kier alpha value is -1.79. The van der Waals surface area contributed by atoms with E-state index in [1.165, 1.54) is 0 Å². The third-order valence-electron chi connectivity index (χ3n) is 2.95. The van der Waals surface area contributed by atoms with Crippen molar-refractivity contribution in [3.05, 3.63) is 33.8 Å². The number of aromatic nitrogens is 1. The van der Waals surface area contributed by atoms with Gasteiger partial charge in [0.25, 0.3) is 0 Å². The lowest BCUT2D eigenvalue weighted by Gasteiger charge is -2.16. The van der Waals surface area contributed by atoms with Gasteiger partial charge in [-0.2, -0.15) is 0 Å². The minimum atomic E-state index is -0.317. The van der Waals surface area contributed by atoms with Gasteiger partial charge < -0.3 is 19.9 Å². The van der Waals surface area contributed by atoms with Crippen LogP contribution in [0.2, 0.25) is 0 Å². The molecule has 0 bridgehead atoms. The van der Waals surface area contributed by atoms with Crippen molar-refractivity contribution in [3.63, 3.8) is 0 Å². The Morgan fingerprint density at radius 1 is 1.10 bits per heavy atom. The largest absolute Gasteiger partial charge is 0.493 e. The van der Waals surface area contributed by atoms with Gasteiger partial charge in [-0.25, -0.2) is 4.98 Å². The number of hydrogen-bond donors (Lipinski definition) is 1. The normalized spacial score (nSPS) is 12.1. The maximum Gasteiger partial charge on any atom is 0.203 e. The quantitative estimate of drug-likeness (QED) is 0.918. The standard InChI is InChI=1S/C14H18N2O3S/c1-8-7-20-14(16-8)12(15)9-5-10(17-2)13(19-4)11(6-9)18-3/h5-7,12H,15H2,1-4H3. The number of methoxy groups -OCH3 is 3. The lowest BCUT2D eigenvalue weighted by Crippen LogP contribution is -2.12. The monoisotopic (exact) mass is 294 g/mol. The van der Waals surface area contributed by atoms with Crippen LogP contribution in [0.5, 0.6) is 17.2 Å². The second-order valence-electron chi connectivity index (χ2n) is 4.26. The highest BCUT2D eigenvalue weighted by molar-refractivity contribution is 7.09. The first-order valence-corrected chi connectivity index (χ1v) is 6.96. The Bertz CT molecular complexity index is 573. The molecule has 1 aromatic carbocycles. The number of nitrogens with zero attached hydrogens (tertiary/aromatic N) is 1. The van der Waals surface area contributed by atoms with Crippen LogP contribution in [0.3, 0.4) is 0 Å². The molecule has 6 heteroatoms. The maximum absolute atomic E-state index is 6.26. The number of aryl methyl sites for hydroxylation is 1. The van der Waals surface area contributed by atoms with Crippen molar-refractivity contribution in [2.75, 3.05) is 21.3 Å². The highest BCUT2D eigenvalue weighted by atomic mass is 32.1. The molecule has 0 fully saturated rings. The predicted octanol–water partition coefficient (Wildman–Crippen LogP) is 2.53. The molecule has 1 atom stereocenters. The minimum Gasteiger partial charge on any atom is -0.493 e. The zero-order valence-electron chi connectivity index (χ0n) is 12.0. The van der Waals surface area contributed by atoms with Gasteiger partial charge in [-0.05, 0) is 24.6 Å². The molecule has 5 nitrogen and oxygen atoms in total. The maximum atomic E-state index is 6.26. The molecule has 1 aromatic heterocycles. The molecule has 2 N–H and O–H groups in total. The summed E-state index contributed by atoms with van der Waals surface area (Å²) in [5.74, 6) is 1.73. The van der Waals surface area contributed by atoms with Crippen LogP contribution in [0, 0.1) is 6.92 Å². The van der Waals surface area contributed by atoms with Gasteiger partial charge in [0.05, 0.1) is 27.4 Å². The summed E-state index contributed by atoms with van der Waals surface area (Å²) in [7, 11) is 4.74. The highest BCUT2D eigenvalue weighted by Crippen LogP contribution is 2.40. The zero-order chi connectivity index (χ0) is 14.7. The summed E-state index contributed by atoms with van der Waals surface area (Å²) in [6.45, 7) is 1.95. The second kappa shape index (κ2) is 6.11. The van der Waals surface area contributed by atoms with Crippen molar-refractivity contribution in [3.8, 4) is 17.2 Å². The number of nitrogens with two attached hydrogens (primary N) is 1. The molecular weight excluding hydrogens is 276 g/mol. The topological polar surface area (TPSA) is 66.6 Å². The van der Waals surface area contributed by atoms with Crippen LogP contribution < -0.4 is 19.9 Å². The molecule has 108 valence electrons. The molecular formula is C14H18N2O3S. The van der Waals surface area contributed by atoms with Gasteiger partial charge in [-0.1, -0.05) is 0 Å². The van der Waals surface area contributed by atoms with E-state index < -0.39 is 0 Å². The van der Waals surface area contributed by atoms with Gasteiger partial charge in [-0.3, -0.25) is 0 Å². The summed E-state index contributed by atoms with van der Waals surface area (Å²) in [6.07, 6.45) is 0. The van der Waals surface area contributed by atoms with Gasteiger partial charge in [0.15, 0.2) is 11.5 Å². The van der Waals surface area contributed by atoms with E-state index in [0.29, 0.717) is 17.2 Å². The van der Waals surface area contributed by atoms with Crippen LogP contribution in [-0.2, 0) is 0 Å². The molecule has 0 aliphatic heterocycles. The van der Waals surface area contributed by atoms with Crippen LogP contribution in [0.1, 0.15) is 22.3 Å². The molecule has 0 aliphatic rings. The van der Waals surface area contributed by atoms with Crippen molar-refractivity contribution in [2.45, 2.75) is 13.0 Å². The third-order valence-corrected chi connectivity index (χ3v) is 3.99. The number of benzene rings is 1. The van der Waals surface area contributed by atoms with Gasteiger partial charge in [0.2, 0.25) is 5.75 Å². The van der Waals surface area contributed by atoms with E-state index in [9.17, 15) is 0 Å². The fourth-order valence-electron chi connectivity index (χ4n) is 1.94.